The van der Waals surface area contributed by atoms with E-state index in [4.69, 9.17) is 0 Å². The van der Waals surface area contributed by atoms with Gasteiger partial charge in [-0.1, -0.05) is 0 Å². The van der Waals surface area contributed by atoms with E-state index in [1.165, 1.54) is 12.1 Å². The molecule has 0 radical (unpaired) electrons. The fourth-order valence-electron chi connectivity index (χ4n) is 2.41. The highest BCUT2D eigenvalue weighted by molar-refractivity contribution is 7.92. The van der Waals surface area contributed by atoms with Crippen molar-refractivity contribution in [1.29, 1.82) is 0 Å². The Morgan fingerprint density at radius 3 is 2.65 bits per heavy atom. The van der Waals surface area contributed by atoms with Crippen LogP contribution >= 0.6 is 0 Å². The van der Waals surface area contributed by atoms with E-state index in [9.17, 15) is 18.1 Å². The lowest BCUT2D eigenvalue weighted by molar-refractivity contribution is -0.118. The van der Waals surface area contributed by atoms with Crippen molar-refractivity contribution in [2.75, 3.05) is 18.1 Å². The highest BCUT2D eigenvalue weighted by Crippen LogP contribution is 2.27. The Kier molecular flexibility index (Phi) is 5.12. The van der Waals surface area contributed by atoms with Gasteiger partial charge in [0.1, 0.15) is 17.4 Å². The smallest absolute Gasteiger partial charge is 0.198 e. The number of carbonyl (C=O) groups excluding carboxylic acids is 1. The number of halogens is 2. The standard InChI is InChI=1S/C14H17F2NO2S/c1-2-20(19)8-14(18)13-5-10(7-17-13)9-3-11(15)6-12(16)4-9/h3-4,6,10,13,17H,2,5,7-8H2,1H3/t10-,13?,20?/m1/s1. The Labute approximate surface area is 119 Å². The molecule has 0 amide bonds. The lowest BCUT2D eigenvalue weighted by Crippen LogP contribution is -2.35. The van der Waals surface area contributed by atoms with Crippen molar-refractivity contribution < 1.29 is 18.1 Å². The van der Waals surface area contributed by atoms with Crippen LogP contribution in [0.5, 0.6) is 0 Å². The highest BCUT2D eigenvalue weighted by atomic mass is 32.2. The molecular weight excluding hydrogens is 284 g/mol. The van der Waals surface area contributed by atoms with Gasteiger partial charge in [-0.05, 0) is 48.1 Å². The van der Waals surface area contributed by atoms with Crippen LogP contribution in [0, 0.1) is 11.6 Å². The molecule has 1 aliphatic heterocycles. The second-order valence-electron chi connectivity index (χ2n) is 4.94. The van der Waals surface area contributed by atoms with Gasteiger partial charge in [-0.15, -0.1) is 0 Å². The van der Waals surface area contributed by atoms with Gasteiger partial charge in [0.25, 0.3) is 0 Å². The third kappa shape index (κ3) is 3.77. The zero-order valence-corrected chi connectivity index (χ0v) is 12.0. The molecule has 1 heterocycles. The third-order valence-electron chi connectivity index (χ3n) is 3.50. The van der Waals surface area contributed by atoms with Crippen LogP contribution in [-0.4, -0.2) is 34.4 Å². The van der Waals surface area contributed by atoms with Gasteiger partial charge in [0.2, 0.25) is 0 Å². The lowest BCUT2D eigenvalue weighted by atomic mass is 9.95. The number of ketones is 1. The molecule has 1 N–H and O–H groups in total. The SMILES string of the molecule is CC[S+]([O-])CC(=O)C1C[C@@H](c2cc(F)cc(F)c2)CN1. The first-order valence-corrected chi connectivity index (χ1v) is 8.05. The molecule has 0 spiro atoms. The maximum absolute atomic E-state index is 13.2. The summed E-state index contributed by atoms with van der Waals surface area (Å²) in [7, 11) is 0. The van der Waals surface area contributed by atoms with Gasteiger partial charge in [-0.25, -0.2) is 8.78 Å². The Morgan fingerprint density at radius 2 is 2.05 bits per heavy atom. The molecule has 1 fully saturated rings. The largest absolute Gasteiger partial charge is 0.616 e. The van der Waals surface area contributed by atoms with Gasteiger partial charge in [0, 0.05) is 12.6 Å². The minimum Gasteiger partial charge on any atom is -0.616 e. The Morgan fingerprint density at radius 1 is 1.40 bits per heavy atom. The summed E-state index contributed by atoms with van der Waals surface area (Å²) in [5, 5.41) is 3.04. The maximum Gasteiger partial charge on any atom is 0.198 e. The zero-order chi connectivity index (χ0) is 14.7. The van der Waals surface area contributed by atoms with Crippen molar-refractivity contribution in [3.8, 4) is 0 Å². The van der Waals surface area contributed by atoms with Crippen LogP contribution in [0.1, 0.15) is 24.8 Å². The van der Waals surface area contributed by atoms with Gasteiger partial charge < -0.3 is 9.87 Å². The molecule has 1 aromatic carbocycles. The van der Waals surface area contributed by atoms with Crippen molar-refractivity contribution >= 4 is 17.0 Å². The van der Waals surface area contributed by atoms with E-state index < -0.39 is 22.8 Å². The van der Waals surface area contributed by atoms with E-state index in [-0.39, 0.29) is 23.5 Å². The summed E-state index contributed by atoms with van der Waals surface area (Å²) >= 11 is -1.13. The minimum absolute atomic E-state index is 0.0401. The summed E-state index contributed by atoms with van der Waals surface area (Å²) in [6.07, 6.45) is 0.489. The fraction of sp³-hybridized carbons (Fsp3) is 0.500. The summed E-state index contributed by atoms with van der Waals surface area (Å²) in [6, 6.07) is 3.06. The van der Waals surface area contributed by atoms with Gasteiger partial charge in [-0.3, -0.25) is 4.79 Å². The molecule has 1 aromatic rings. The first-order chi connectivity index (χ1) is 9.49. The van der Waals surface area contributed by atoms with Gasteiger partial charge in [0.05, 0.1) is 6.04 Å². The van der Waals surface area contributed by atoms with Crippen molar-refractivity contribution in [1.82, 2.24) is 5.32 Å². The number of Topliss-reactive ketones (excluding diaryl/α,β-unsaturated/α-hetero) is 1. The van der Waals surface area contributed by atoms with E-state index in [1.54, 1.807) is 6.92 Å². The van der Waals surface area contributed by atoms with Crippen LogP contribution < -0.4 is 5.32 Å². The van der Waals surface area contributed by atoms with Crippen LogP contribution in [0.2, 0.25) is 0 Å². The van der Waals surface area contributed by atoms with Crippen molar-refractivity contribution in [2.45, 2.75) is 25.3 Å². The summed E-state index contributed by atoms with van der Waals surface area (Å²) in [5.41, 5.74) is 0.557. The van der Waals surface area contributed by atoms with Crippen LogP contribution in [0.3, 0.4) is 0 Å². The van der Waals surface area contributed by atoms with Gasteiger partial charge in [-0.2, -0.15) is 0 Å². The average molecular weight is 301 g/mol. The second-order valence-corrected chi connectivity index (χ2v) is 6.68. The first kappa shape index (κ1) is 15.4. The van der Waals surface area contributed by atoms with E-state index in [1.807, 2.05) is 0 Å². The van der Waals surface area contributed by atoms with Crippen LogP contribution in [-0.2, 0) is 16.0 Å². The molecule has 3 atom stereocenters. The number of hydrogen-bond acceptors (Lipinski definition) is 3. The molecule has 20 heavy (non-hydrogen) atoms. The number of carbonyl (C=O) groups is 1. The average Bonchev–Trinajstić information content (AvgIpc) is 2.87. The van der Waals surface area contributed by atoms with Crippen molar-refractivity contribution in [3.63, 3.8) is 0 Å². The molecule has 0 saturated carbocycles. The summed E-state index contributed by atoms with van der Waals surface area (Å²) in [6.45, 7) is 2.27. The summed E-state index contributed by atoms with van der Waals surface area (Å²) in [5.74, 6) is -0.910. The van der Waals surface area contributed by atoms with Gasteiger partial charge in [0.15, 0.2) is 11.5 Å². The molecule has 1 aliphatic rings. The Hall–Kier alpha value is -0.980. The first-order valence-electron chi connectivity index (χ1n) is 6.56. The zero-order valence-electron chi connectivity index (χ0n) is 11.2. The normalized spacial score (nSPS) is 23.8. The molecule has 0 bridgehead atoms. The van der Waals surface area contributed by atoms with E-state index >= 15 is 0 Å². The Bertz CT molecular complexity index is 478. The number of rotatable bonds is 5. The number of nitrogens with one attached hydrogen (secondary N) is 1. The van der Waals surface area contributed by atoms with Crippen molar-refractivity contribution in [2.24, 2.45) is 0 Å². The molecule has 2 unspecified atom stereocenters. The van der Waals surface area contributed by atoms with Crippen LogP contribution in [0.4, 0.5) is 8.78 Å². The topological polar surface area (TPSA) is 52.2 Å². The van der Waals surface area contributed by atoms with Gasteiger partial charge >= 0.3 is 0 Å². The molecule has 1 saturated heterocycles. The Balaban J connectivity index is 1.99. The molecule has 3 nitrogen and oxygen atoms in total. The van der Waals surface area contributed by atoms with Crippen LogP contribution in [0.25, 0.3) is 0 Å². The van der Waals surface area contributed by atoms with E-state index in [0.29, 0.717) is 24.3 Å². The van der Waals surface area contributed by atoms with Crippen LogP contribution in [0.15, 0.2) is 18.2 Å². The van der Waals surface area contributed by atoms with Crippen molar-refractivity contribution in [3.05, 3.63) is 35.4 Å². The quantitative estimate of drug-likeness (QED) is 0.843. The number of benzene rings is 1. The summed E-state index contributed by atoms with van der Waals surface area (Å²) < 4.78 is 37.8. The molecule has 0 aliphatic carbocycles. The molecule has 110 valence electrons. The highest BCUT2D eigenvalue weighted by Gasteiger charge is 2.32. The molecule has 0 aromatic heterocycles. The molecular formula is C14H17F2NO2S. The molecule has 6 heteroatoms. The fourth-order valence-corrected chi connectivity index (χ4v) is 3.13. The summed E-state index contributed by atoms with van der Waals surface area (Å²) in [4.78, 5) is 11.9. The number of hydrogen-bond donors (Lipinski definition) is 1. The predicted molar refractivity (Wildman–Crippen MR) is 74.1 cm³/mol. The minimum atomic E-state index is -1.13. The monoisotopic (exact) mass is 301 g/mol. The van der Waals surface area contributed by atoms with E-state index in [0.717, 1.165) is 6.07 Å². The van der Waals surface area contributed by atoms with E-state index in [2.05, 4.69) is 5.32 Å². The molecule has 2 rings (SSSR count). The second kappa shape index (κ2) is 6.65. The maximum atomic E-state index is 13.2. The lowest BCUT2D eigenvalue weighted by Gasteiger charge is -2.12. The predicted octanol–water partition coefficient (Wildman–Crippen LogP) is 1.75. The third-order valence-corrected chi connectivity index (χ3v) is 4.75.